The summed E-state index contributed by atoms with van der Waals surface area (Å²) in [6.45, 7) is 36.8. The van der Waals surface area contributed by atoms with Crippen molar-refractivity contribution < 1.29 is 0 Å². The number of aryl methyl sites for hydroxylation is 1. The fourth-order valence-electron chi connectivity index (χ4n) is 16.4. The second kappa shape index (κ2) is 14.7. The maximum Gasteiger partial charge on any atom is 0.264 e. The predicted molar refractivity (Wildman–Crippen MR) is 308 cm³/mol. The summed E-state index contributed by atoms with van der Waals surface area (Å²) in [7, 11) is 0. The van der Waals surface area contributed by atoms with Crippen molar-refractivity contribution >= 4 is 78.0 Å². The topological polar surface area (TPSA) is 6.48 Å². The van der Waals surface area contributed by atoms with Gasteiger partial charge in [0.05, 0.1) is 5.69 Å². The third-order valence-corrected chi connectivity index (χ3v) is 21.8. The number of hydrogen-bond acceptors (Lipinski definition) is 3. The van der Waals surface area contributed by atoms with Crippen LogP contribution in [0, 0.1) is 24.7 Å². The van der Waals surface area contributed by atoms with E-state index in [2.05, 4.69) is 204 Å². The van der Waals surface area contributed by atoms with Crippen molar-refractivity contribution in [3.8, 4) is 0 Å². The molecule has 14 rings (SSSR count). The van der Waals surface area contributed by atoms with Gasteiger partial charge in [0.1, 0.15) is 0 Å². The van der Waals surface area contributed by atoms with Crippen LogP contribution in [0.25, 0.3) is 10.1 Å². The largest absolute Gasteiger partial charge is 0.311 e. The molecule has 0 amide bonds. The molecular formula is C67H81BN2S. The van der Waals surface area contributed by atoms with E-state index in [1.165, 1.54) is 152 Å². The molecule has 6 aliphatic carbocycles. The van der Waals surface area contributed by atoms with Gasteiger partial charge < -0.3 is 9.80 Å². The third kappa shape index (κ3) is 6.83. The average Bonchev–Trinajstić information content (AvgIpc) is 3.66. The third-order valence-electron chi connectivity index (χ3n) is 20.5. The molecule has 368 valence electrons. The van der Waals surface area contributed by atoms with Crippen molar-refractivity contribution in [2.75, 3.05) is 9.80 Å². The highest BCUT2D eigenvalue weighted by Crippen LogP contribution is 2.63. The maximum atomic E-state index is 2.87. The van der Waals surface area contributed by atoms with Crippen LogP contribution >= 0.6 is 11.3 Å². The van der Waals surface area contributed by atoms with E-state index < -0.39 is 0 Å². The summed E-state index contributed by atoms with van der Waals surface area (Å²) in [5.74, 6) is 2.57. The molecule has 1 aromatic heterocycles. The molecule has 0 spiro atoms. The van der Waals surface area contributed by atoms with Gasteiger partial charge >= 0.3 is 0 Å². The van der Waals surface area contributed by atoms with Gasteiger partial charge in [0.15, 0.2) is 0 Å². The highest BCUT2D eigenvalue weighted by Gasteiger charge is 2.54. The fourth-order valence-corrected chi connectivity index (χ4v) is 17.7. The highest BCUT2D eigenvalue weighted by molar-refractivity contribution is 7.33. The van der Waals surface area contributed by atoms with Crippen LogP contribution in [0.1, 0.15) is 206 Å². The van der Waals surface area contributed by atoms with Gasteiger partial charge in [-0.1, -0.05) is 127 Å². The molecule has 2 aliphatic heterocycles. The zero-order chi connectivity index (χ0) is 49.9. The smallest absolute Gasteiger partial charge is 0.264 e. The fraction of sp³-hybridized carbons (Fsp3) is 0.522. The van der Waals surface area contributed by atoms with Crippen LogP contribution in [-0.2, 0) is 37.9 Å². The lowest BCUT2D eigenvalue weighted by Gasteiger charge is -2.57. The summed E-state index contributed by atoms with van der Waals surface area (Å²) in [5, 5.41) is 1.45. The molecule has 6 aromatic rings. The Morgan fingerprint density at radius 1 is 0.521 bits per heavy atom. The second-order valence-corrected chi connectivity index (χ2v) is 30.6. The Bertz CT molecular complexity index is 3210. The quantitative estimate of drug-likeness (QED) is 0.163. The number of fused-ring (bicyclic) bond motifs is 8. The van der Waals surface area contributed by atoms with Crippen LogP contribution in [0.2, 0.25) is 0 Å². The minimum Gasteiger partial charge on any atom is -0.311 e. The Morgan fingerprint density at radius 3 is 1.59 bits per heavy atom. The first-order valence-corrected chi connectivity index (χ1v) is 28.9. The van der Waals surface area contributed by atoms with Gasteiger partial charge in [-0.25, -0.2) is 0 Å². The molecule has 0 atom stereocenters. The Morgan fingerprint density at radius 2 is 1.03 bits per heavy atom. The van der Waals surface area contributed by atoms with Crippen LogP contribution < -0.4 is 25.5 Å². The van der Waals surface area contributed by atoms with Gasteiger partial charge in [-0.05, 0) is 231 Å². The lowest BCUT2D eigenvalue weighted by Crippen LogP contribution is -2.61. The number of rotatable bonds is 3. The van der Waals surface area contributed by atoms with Crippen LogP contribution in [-0.4, -0.2) is 6.71 Å². The highest BCUT2D eigenvalue weighted by atomic mass is 32.1. The van der Waals surface area contributed by atoms with E-state index in [0.717, 1.165) is 17.8 Å². The molecule has 0 N–H and O–H groups in total. The van der Waals surface area contributed by atoms with Crippen LogP contribution in [0.15, 0.2) is 78.9 Å². The monoisotopic (exact) mass is 957 g/mol. The zero-order valence-electron chi connectivity index (χ0n) is 46.2. The SMILES string of the molecule is Cc1cc(C(C)(C)C)ccc1N1c2ccc(C(C)(C)C)cc2B2c3sc4cc5c(cc4c3N(c3ccc4c(c3)C(C)(C)CCC4(C)C)c3cc(C46CC7CC(CC(C7)C4)C6)cc1c32)C(C)(C)CCC5(C)C. The van der Waals surface area contributed by atoms with Crippen molar-refractivity contribution in [1.82, 2.24) is 0 Å². The standard InChI is InChI=1S/C67H81BN2S/c1-39-26-43(61(2,3)4)16-20-53(39)70-54-21-17-44(62(5,6)7)30-52(54)68-58-55(31-45(32-56(58)70)67-36-40-27-41(37-67)29-42(28-40)38-67)69(46-18-19-48-49(33-46)64(10,11)23-22-63(48,8)9)59-47-34-50-51(35-57(47)71-60(59)68)66(14,15)25-24-65(50,12)13/h16-21,26,30-35,40-42H,22-25,27-29,36-38H2,1-15H3. The molecule has 4 fully saturated rings. The van der Waals surface area contributed by atoms with Crippen molar-refractivity contribution in [3.63, 3.8) is 0 Å². The maximum absolute atomic E-state index is 2.87. The first kappa shape index (κ1) is 46.5. The predicted octanol–water partition coefficient (Wildman–Crippen LogP) is 17.1. The Balaban J connectivity index is 1.18. The lowest BCUT2D eigenvalue weighted by molar-refractivity contribution is -0.00514. The Hall–Kier alpha value is -4.28. The number of nitrogens with zero attached hydrogens (tertiary/aromatic N) is 2. The van der Waals surface area contributed by atoms with Crippen LogP contribution in [0.5, 0.6) is 0 Å². The van der Waals surface area contributed by atoms with Gasteiger partial charge in [-0.2, -0.15) is 0 Å². The van der Waals surface area contributed by atoms with Gasteiger partial charge in [0.2, 0.25) is 0 Å². The second-order valence-electron chi connectivity index (χ2n) is 29.5. The van der Waals surface area contributed by atoms with E-state index in [1.807, 2.05) is 0 Å². The van der Waals surface area contributed by atoms with Crippen molar-refractivity contribution in [1.29, 1.82) is 0 Å². The van der Waals surface area contributed by atoms with Gasteiger partial charge in [-0.3, -0.25) is 0 Å². The molecule has 4 heteroatoms. The number of thiophene rings is 1. The molecule has 2 nitrogen and oxygen atoms in total. The number of anilines is 6. The number of hydrogen-bond donors (Lipinski definition) is 0. The molecule has 3 heterocycles. The van der Waals surface area contributed by atoms with E-state index in [1.54, 1.807) is 16.7 Å². The molecule has 71 heavy (non-hydrogen) atoms. The Labute approximate surface area is 432 Å². The Kier molecular flexibility index (Phi) is 9.65. The van der Waals surface area contributed by atoms with Gasteiger partial charge in [-0.15, -0.1) is 11.3 Å². The average molecular weight is 957 g/mol. The lowest BCUT2D eigenvalue weighted by atomic mass is 9.35. The first-order chi connectivity index (χ1) is 33.2. The zero-order valence-corrected chi connectivity index (χ0v) is 47.0. The molecule has 4 bridgehead atoms. The molecule has 8 aliphatic rings. The van der Waals surface area contributed by atoms with E-state index in [9.17, 15) is 0 Å². The van der Waals surface area contributed by atoms with Crippen molar-refractivity contribution in [3.05, 3.63) is 123 Å². The minimum atomic E-state index is -0.000762. The summed E-state index contributed by atoms with van der Waals surface area (Å²) in [5.41, 5.74) is 23.9. The minimum absolute atomic E-state index is 0.000762. The molecule has 4 saturated carbocycles. The molecule has 0 saturated heterocycles. The van der Waals surface area contributed by atoms with Crippen molar-refractivity contribution in [2.24, 2.45) is 17.8 Å². The molecule has 5 aromatic carbocycles. The molecule has 0 radical (unpaired) electrons. The molecular weight excluding hydrogens is 876 g/mol. The van der Waals surface area contributed by atoms with Gasteiger partial charge in [0, 0.05) is 43.3 Å². The van der Waals surface area contributed by atoms with E-state index in [0.29, 0.717) is 0 Å². The van der Waals surface area contributed by atoms with Crippen LogP contribution in [0.4, 0.5) is 34.1 Å². The number of benzene rings is 5. The van der Waals surface area contributed by atoms with E-state index >= 15 is 0 Å². The summed E-state index contributed by atoms with van der Waals surface area (Å²) in [4.78, 5) is 5.63. The van der Waals surface area contributed by atoms with Crippen molar-refractivity contribution in [2.45, 2.75) is 206 Å². The summed E-state index contributed by atoms with van der Waals surface area (Å²) in [6, 6.07) is 33.9. The first-order valence-electron chi connectivity index (χ1n) is 28.0. The van der Waals surface area contributed by atoms with Gasteiger partial charge in [0.25, 0.3) is 6.71 Å². The van der Waals surface area contributed by atoms with E-state index in [-0.39, 0.29) is 44.6 Å². The van der Waals surface area contributed by atoms with E-state index in [4.69, 9.17) is 0 Å². The van der Waals surface area contributed by atoms with Crippen LogP contribution in [0.3, 0.4) is 0 Å². The summed E-state index contributed by atoms with van der Waals surface area (Å²) in [6.07, 6.45) is 13.2. The summed E-state index contributed by atoms with van der Waals surface area (Å²) < 4.78 is 2.96. The molecule has 0 unspecified atom stereocenters. The normalized spacial score (nSPS) is 26.0. The summed E-state index contributed by atoms with van der Waals surface area (Å²) >= 11 is 2.11.